The molecule has 23 heavy (non-hydrogen) atoms. The monoisotopic (exact) mass is 310 g/mol. The molecule has 1 heterocycles. The summed E-state index contributed by atoms with van der Waals surface area (Å²) in [6.45, 7) is 7.38. The second-order valence-electron chi connectivity index (χ2n) is 4.24. The Labute approximate surface area is 134 Å². The number of aryl methyl sites for hydroxylation is 1. The molecule has 0 spiro atoms. The van der Waals surface area contributed by atoms with Crippen LogP contribution in [0, 0.1) is 44.9 Å². The van der Waals surface area contributed by atoms with Crippen molar-refractivity contribution in [2.75, 3.05) is 6.61 Å². The van der Waals surface area contributed by atoms with Crippen molar-refractivity contribution in [2.24, 2.45) is 0 Å². The van der Waals surface area contributed by atoms with Crippen LogP contribution in [0.2, 0.25) is 0 Å². The second-order valence-corrected chi connectivity index (χ2v) is 4.24. The van der Waals surface area contributed by atoms with Gasteiger partial charge in [-0.3, -0.25) is 0 Å². The van der Waals surface area contributed by atoms with Crippen LogP contribution in [0.15, 0.2) is 31.4 Å². The van der Waals surface area contributed by atoms with Gasteiger partial charge in [-0.1, -0.05) is 6.58 Å². The molecule has 1 rings (SSSR count). The van der Waals surface area contributed by atoms with E-state index in [1.54, 1.807) is 0 Å². The molecule has 0 saturated carbocycles. The third-order valence-electron chi connectivity index (χ3n) is 2.65. The summed E-state index contributed by atoms with van der Waals surface area (Å²) in [6.07, 6.45) is 4.35. The molecule has 9 heteroatoms. The van der Waals surface area contributed by atoms with Crippen LogP contribution in [0.1, 0.15) is 6.92 Å². The van der Waals surface area contributed by atoms with Gasteiger partial charge in [-0.15, -0.1) is 23.9 Å². The summed E-state index contributed by atoms with van der Waals surface area (Å²) in [5, 5.41) is 32.3. The number of nitrogens with zero attached hydrogens (tertiary/aromatic N) is 6. The zero-order valence-corrected chi connectivity index (χ0v) is 12.7. The van der Waals surface area contributed by atoms with Crippen molar-refractivity contribution in [3.05, 3.63) is 31.4 Å². The topological polar surface area (TPSA) is 130 Å². The first kappa shape index (κ1) is 19.4. The number of rotatable bonds is 5. The summed E-state index contributed by atoms with van der Waals surface area (Å²) in [5.74, 6) is 5.00. The minimum absolute atomic E-state index is 0.375. The van der Waals surface area contributed by atoms with Crippen LogP contribution in [-0.4, -0.2) is 23.3 Å². The molecule has 116 valence electrons. The highest BCUT2D eigenvalue weighted by Crippen LogP contribution is 1.92. The van der Waals surface area contributed by atoms with Gasteiger partial charge in [0.2, 0.25) is 6.33 Å². The van der Waals surface area contributed by atoms with E-state index in [1.165, 1.54) is 30.0 Å². The molecule has 0 aliphatic carbocycles. The molecular weight excluding hydrogens is 295 g/mol. The van der Waals surface area contributed by atoms with E-state index in [2.05, 4.69) is 18.1 Å². The molecule has 0 aromatic carbocycles. The Hall–Kier alpha value is -3.56. The quantitative estimate of drug-likeness (QED) is 0.331. The Morgan fingerprint density at radius 3 is 2.22 bits per heavy atom. The molecular formula is C14H15BN6O2. The van der Waals surface area contributed by atoms with Gasteiger partial charge in [0.15, 0.2) is 0 Å². The molecule has 0 atom stereocenters. The summed E-state index contributed by atoms with van der Waals surface area (Å²) in [4.78, 5) is 10.7. The number of carbonyl (C=O) groups is 1. The number of imidazole rings is 1. The summed E-state index contributed by atoms with van der Waals surface area (Å²) in [6, 6.07) is 0. The van der Waals surface area contributed by atoms with Crippen molar-refractivity contribution in [3.63, 3.8) is 0 Å². The van der Waals surface area contributed by atoms with Crippen molar-refractivity contribution >= 4 is 12.1 Å². The van der Waals surface area contributed by atoms with E-state index in [1.807, 2.05) is 23.3 Å². The van der Waals surface area contributed by atoms with Crippen molar-refractivity contribution < 1.29 is 14.1 Å². The molecule has 1 aromatic rings. The van der Waals surface area contributed by atoms with Crippen LogP contribution in [0.4, 0.5) is 0 Å². The van der Waals surface area contributed by atoms with E-state index in [9.17, 15) is 4.79 Å². The van der Waals surface area contributed by atoms with Crippen LogP contribution in [-0.2, 0) is 22.6 Å². The van der Waals surface area contributed by atoms with Gasteiger partial charge in [0, 0.05) is 6.08 Å². The first-order valence-corrected chi connectivity index (χ1v) is 6.65. The largest absolute Gasteiger partial charge is 0.458 e. The average Bonchev–Trinajstić information content (AvgIpc) is 3.06. The molecule has 0 aliphatic heterocycles. The third-order valence-corrected chi connectivity index (χ3v) is 2.65. The average molecular weight is 310 g/mol. The Bertz CT molecular complexity index is 652. The minimum atomic E-state index is -2.72. The number of carbonyl (C=O) groups excluding carboxylic acids is 1. The van der Waals surface area contributed by atoms with Crippen LogP contribution in [0.3, 0.4) is 0 Å². The molecule has 0 aliphatic rings. The van der Waals surface area contributed by atoms with Crippen LogP contribution in [0.5, 0.6) is 0 Å². The zero-order valence-electron chi connectivity index (χ0n) is 12.7. The smallest absolute Gasteiger partial charge is 0.383 e. The van der Waals surface area contributed by atoms with E-state index < -0.39 is 6.15 Å². The molecule has 1 aromatic heterocycles. The maximum Gasteiger partial charge on any atom is 0.383 e. The maximum atomic E-state index is 10.7. The maximum absolute atomic E-state index is 10.7. The fourth-order valence-electron chi connectivity index (χ4n) is 1.24. The van der Waals surface area contributed by atoms with Gasteiger partial charge < -0.3 is 4.74 Å². The van der Waals surface area contributed by atoms with E-state index in [0.717, 1.165) is 6.54 Å². The van der Waals surface area contributed by atoms with Gasteiger partial charge in [0.05, 0.1) is 6.54 Å². The molecule has 0 saturated heterocycles. The molecule has 0 amide bonds. The fourth-order valence-corrected chi connectivity index (χ4v) is 1.24. The lowest BCUT2D eigenvalue weighted by atomic mass is 9.30. The van der Waals surface area contributed by atoms with E-state index in [0.29, 0.717) is 13.2 Å². The summed E-state index contributed by atoms with van der Waals surface area (Å²) < 4.78 is 8.87. The summed E-state index contributed by atoms with van der Waals surface area (Å²) >= 11 is 0. The van der Waals surface area contributed by atoms with Crippen LogP contribution < -0.4 is 4.57 Å². The van der Waals surface area contributed by atoms with Crippen LogP contribution in [0.25, 0.3) is 0 Å². The lowest BCUT2D eigenvalue weighted by Gasteiger charge is -1.98. The van der Waals surface area contributed by atoms with E-state index in [4.69, 9.17) is 25.8 Å². The van der Waals surface area contributed by atoms with Crippen molar-refractivity contribution in [1.29, 1.82) is 21.0 Å². The molecule has 0 bridgehead atoms. The molecule has 0 unspecified atom stereocenters. The third kappa shape index (κ3) is 6.62. The van der Waals surface area contributed by atoms with Crippen LogP contribution >= 0.6 is 0 Å². The van der Waals surface area contributed by atoms with Gasteiger partial charge in [0.1, 0.15) is 25.5 Å². The van der Waals surface area contributed by atoms with Gasteiger partial charge >= 0.3 is 12.1 Å². The normalized spacial score (nSPS) is 8.91. The Morgan fingerprint density at radius 2 is 1.87 bits per heavy atom. The highest BCUT2D eigenvalue weighted by atomic mass is 16.5. The number of hydrogen-bond donors (Lipinski definition) is 0. The highest BCUT2D eigenvalue weighted by molar-refractivity contribution is 7.05. The number of hydrogen-bond acceptors (Lipinski definition) is 6. The first-order valence-electron chi connectivity index (χ1n) is 6.65. The number of aromatic nitrogens is 2. The fraction of sp³-hybridized carbons (Fsp3) is 0.286. The molecule has 0 radical (unpaired) electrons. The Morgan fingerprint density at radius 1 is 1.30 bits per heavy atom. The lowest BCUT2D eigenvalue weighted by molar-refractivity contribution is -0.697. The predicted octanol–water partition coefficient (Wildman–Crippen LogP) is 0.211. The van der Waals surface area contributed by atoms with E-state index >= 15 is 0 Å². The van der Waals surface area contributed by atoms with Gasteiger partial charge in [-0.25, -0.2) is 35.0 Å². The van der Waals surface area contributed by atoms with Crippen molar-refractivity contribution in [2.45, 2.75) is 20.0 Å². The van der Waals surface area contributed by atoms with Crippen molar-refractivity contribution in [3.8, 4) is 23.9 Å². The van der Waals surface area contributed by atoms with Gasteiger partial charge in [0.25, 0.3) is 0 Å². The molecule has 0 N–H and O–H groups in total. The number of ether oxygens (including phenoxy) is 1. The lowest BCUT2D eigenvalue weighted by Crippen LogP contribution is -2.34. The highest BCUT2D eigenvalue weighted by Gasteiger charge is 2.22. The Balaban J connectivity index is 0.000000468. The number of nitriles is 4. The molecule has 8 nitrogen and oxygen atoms in total. The van der Waals surface area contributed by atoms with Gasteiger partial charge in [-0.05, 0) is 6.92 Å². The van der Waals surface area contributed by atoms with Crippen molar-refractivity contribution in [1.82, 2.24) is 4.57 Å². The Kier molecular flexibility index (Phi) is 8.63. The standard InChI is InChI=1S/C10H15N2O2.C4BN4/c1-3-10(13)14-8-7-12-6-5-11(4-2)9-12;6-1-5(2-7,3-8)4-9/h3,5-6,9H,1,4,7-8H2,2H3;/q+1;-1. The zero-order chi connectivity index (χ0) is 17.7. The first-order chi connectivity index (χ1) is 11.0. The minimum Gasteiger partial charge on any atom is -0.458 e. The SMILES string of the molecule is C=CC(=O)OCC[n+]1ccn(CC)c1.N#C[B-](C#N)(C#N)C#N. The number of esters is 1. The molecule has 0 fully saturated rings. The van der Waals surface area contributed by atoms with E-state index in [-0.39, 0.29) is 5.97 Å². The second kappa shape index (κ2) is 10.2. The summed E-state index contributed by atoms with van der Waals surface area (Å²) in [5.41, 5.74) is 0. The van der Waals surface area contributed by atoms with Gasteiger partial charge in [-0.2, -0.15) is 0 Å². The summed E-state index contributed by atoms with van der Waals surface area (Å²) in [7, 11) is 0. The predicted molar refractivity (Wildman–Crippen MR) is 79.7 cm³/mol.